The molecule has 3 heteroatoms. The Morgan fingerprint density at radius 1 is 1.27 bits per heavy atom. The van der Waals surface area contributed by atoms with Crippen molar-refractivity contribution >= 4 is 5.78 Å². The van der Waals surface area contributed by atoms with Crippen LogP contribution in [0.5, 0.6) is 0 Å². The van der Waals surface area contributed by atoms with Crippen LogP contribution >= 0.6 is 0 Å². The van der Waals surface area contributed by atoms with Crippen LogP contribution in [0.15, 0.2) is 10.9 Å². The number of H-pyrrole nitrogens is 1. The van der Waals surface area contributed by atoms with Crippen molar-refractivity contribution in [3.63, 3.8) is 0 Å². The van der Waals surface area contributed by atoms with Crippen LogP contribution in [0.2, 0.25) is 0 Å². The molecule has 1 aromatic heterocycles. The summed E-state index contributed by atoms with van der Waals surface area (Å²) in [5, 5.41) is 0. The van der Waals surface area contributed by atoms with Gasteiger partial charge in [-0.05, 0) is 24.3 Å². The van der Waals surface area contributed by atoms with Gasteiger partial charge in [-0.25, -0.2) is 0 Å². The molecular formula is C12H15NO2. The van der Waals surface area contributed by atoms with Crippen molar-refractivity contribution in [2.45, 2.75) is 33.6 Å². The molecule has 0 fully saturated rings. The minimum absolute atomic E-state index is 0.0409. The standard InChI is InChI=1S/C12H15NO2/c1-7-4-10(15)13-8-5-12(2,3)6-9(14)11(7)8/h4H,5-6H2,1-3H3,(H,13,15). The number of carbonyl (C=O) groups excluding carboxylic acids is 1. The second-order valence-corrected chi connectivity index (χ2v) is 5.11. The first-order valence-electron chi connectivity index (χ1n) is 5.15. The normalized spacial score (nSPS) is 18.7. The summed E-state index contributed by atoms with van der Waals surface area (Å²) in [5.74, 6) is 0.148. The van der Waals surface area contributed by atoms with Crippen molar-refractivity contribution in [2.24, 2.45) is 5.41 Å². The highest BCUT2D eigenvalue weighted by Crippen LogP contribution is 2.34. The predicted octanol–water partition coefficient (Wildman–Crippen LogP) is 1.84. The molecule has 2 rings (SSSR count). The quantitative estimate of drug-likeness (QED) is 0.702. The second-order valence-electron chi connectivity index (χ2n) is 5.11. The molecule has 0 bridgehead atoms. The molecule has 0 spiro atoms. The molecule has 15 heavy (non-hydrogen) atoms. The monoisotopic (exact) mass is 205 g/mol. The number of nitrogens with one attached hydrogen (secondary N) is 1. The Hall–Kier alpha value is -1.38. The number of hydrogen-bond donors (Lipinski definition) is 1. The lowest BCUT2D eigenvalue weighted by molar-refractivity contribution is 0.0909. The topological polar surface area (TPSA) is 49.9 Å². The van der Waals surface area contributed by atoms with Crippen LogP contribution in [-0.2, 0) is 6.42 Å². The average molecular weight is 205 g/mol. The van der Waals surface area contributed by atoms with Gasteiger partial charge in [-0.15, -0.1) is 0 Å². The van der Waals surface area contributed by atoms with Gasteiger partial charge in [-0.1, -0.05) is 13.8 Å². The zero-order valence-corrected chi connectivity index (χ0v) is 9.31. The second kappa shape index (κ2) is 3.05. The minimum atomic E-state index is -0.114. The van der Waals surface area contributed by atoms with Gasteiger partial charge in [0, 0.05) is 23.7 Å². The first-order valence-corrected chi connectivity index (χ1v) is 5.15. The SMILES string of the molecule is Cc1cc(=O)[nH]c2c1C(=O)CC(C)(C)C2. The van der Waals surface area contributed by atoms with Crippen LogP contribution in [0, 0.1) is 12.3 Å². The Morgan fingerprint density at radius 2 is 1.93 bits per heavy atom. The molecule has 80 valence electrons. The summed E-state index contributed by atoms with van der Waals surface area (Å²) in [6.07, 6.45) is 1.33. The van der Waals surface area contributed by atoms with Gasteiger partial charge < -0.3 is 4.98 Å². The van der Waals surface area contributed by atoms with Crippen LogP contribution in [0.25, 0.3) is 0 Å². The summed E-state index contributed by atoms with van der Waals surface area (Å²) in [7, 11) is 0. The van der Waals surface area contributed by atoms with Crippen molar-refractivity contribution in [3.8, 4) is 0 Å². The van der Waals surface area contributed by atoms with Crippen LogP contribution in [0.3, 0.4) is 0 Å². The van der Waals surface area contributed by atoms with E-state index in [4.69, 9.17) is 0 Å². The van der Waals surface area contributed by atoms with Gasteiger partial charge in [0.2, 0.25) is 5.56 Å². The zero-order chi connectivity index (χ0) is 11.2. The first-order chi connectivity index (χ1) is 6.89. The van der Waals surface area contributed by atoms with E-state index >= 15 is 0 Å². The summed E-state index contributed by atoms with van der Waals surface area (Å²) < 4.78 is 0. The molecule has 1 N–H and O–H groups in total. The Morgan fingerprint density at radius 3 is 2.60 bits per heavy atom. The summed E-state index contributed by atoms with van der Waals surface area (Å²) in [6.45, 7) is 5.92. The zero-order valence-electron chi connectivity index (χ0n) is 9.31. The highest BCUT2D eigenvalue weighted by molar-refractivity contribution is 5.99. The number of aryl methyl sites for hydroxylation is 1. The molecule has 1 aliphatic rings. The number of rotatable bonds is 0. The number of pyridine rings is 1. The van der Waals surface area contributed by atoms with Gasteiger partial charge in [0.05, 0.1) is 0 Å². The highest BCUT2D eigenvalue weighted by atomic mass is 16.1. The van der Waals surface area contributed by atoms with Gasteiger partial charge in [-0.3, -0.25) is 9.59 Å². The lowest BCUT2D eigenvalue weighted by Crippen LogP contribution is -2.30. The van der Waals surface area contributed by atoms with E-state index in [2.05, 4.69) is 18.8 Å². The molecule has 0 saturated heterocycles. The number of carbonyl (C=O) groups is 1. The molecule has 1 aromatic rings. The Bertz CT molecular complexity index is 483. The summed E-state index contributed by atoms with van der Waals surface area (Å²) in [6, 6.07) is 1.50. The average Bonchev–Trinajstić information content (AvgIpc) is 1.97. The van der Waals surface area contributed by atoms with E-state index in [-0.39, 0.29) is 16.8 Å². The number of Topliss-reactive ketones (excluding diaryl/α,β-unsaturated/α-hetero) is 1. The molecule has 0 unspecified atom stereocenters. The van der Waals surface area contributed by atoms with E-state index in [1.807, 2.05) is 6.92 Å². The molecule has 1 aliphatic carbocycles. The summed E-state index contributed by atoms with van der Waals surface area (Å²) >= 11 is 0. The number of aromatic nitrogens is 1. The van der Waals surface area contributed by atoms with Crippen molar-refractivity contribution in [2.75, 3.05) is 0 Å². The summed E-state index contributed by atoms with van der Waals surface area (Å²) in [5.41, 5.74) is 2.18. The number of hydrogen-bond acceptors (Lipinski definition) is 2. The first kappa shape index (κ1) is 10.1. The fraction of sp³-hybridized carbons (Fsp3) is 0.500. The minimum Gasteiger partial charge on any atom is -0.325 e. The van der Waals surface area contributed by atoms with Gasteiger partial charge in [-0.2, -0.15) is 0 Å². The third-order valence-corrected chi connectivity index (χ3v) is 2.89. The fourth-order valence-electron chi connectivity index (χ4n) is 2.34. The van der Waals surface area contributed by atoms with Gasteiger partial charge in [0.25, 0.3) is 0 Å². The number of ketones is 1. The summed E-state index contributed by atoms with van der Waals surface area (Å²) in [4.78, 5) is 26.0. The van der Waals surface area contributed by atoms with Crippen LogP contribution in [0.1, 0.15) is 41.9 Å². The Balaban J connectivity index is 2.65. The molecule has 0 aliphatic heterocycles. The molecule has 0 amide bonds. The van der Waals surface area contributed by atoms with E-state index in [0.29, 0.717) is 6.42 Å². The number of aromatic amines is 1. The van der Waals surface area contributed by atoms with E-state index < -0.39 is 0 Å². The van der Waals surface area contributed by atoms with Gasteiger partial charge in [0.15, 0.2) is 5.78 Å². The molecular weight excluding hydrogens is 190 g/mol. The largest absolute Gasteiger partial charge is 0.325 e. The Labute approximate surface area is 88.5 Å². The van der Waals surface area contributed by atoms with E-state index in [0.717, 1.165) is 23.2 Å². The van der Waals surface area contributed by atoms with Crippen LogP contribution in [0.4, 0.5) is 0 Å². The molecule has 3 nitrogen and oxygen atoms in total. The molecule has 0 radical (unpaired) electrons. The van der Waals surface area contributed by atoms with Crippen molar-refractivity contribution in [1.29, 1.82) is 0 Å². The predicted molar refractivity (Wildman–Crippen MR) is 58.2 cm³/mol. The van der Waals surface area contributed by atoms with Crippen molar-refractivity contribution in [3.05, 3.63) is 33.2 Å². The van der Waals surface area contributed by atoms with Crippen LogP contribution in [-0.4, -0.2) is 10.8 Å². The van der Waals surface area contributed by atoms with Crippen molar-refractivity contribution in [1.82, 2.24) is 4.98 Å². The molecule has 0 atom stereocenters. The third-order valence-electron chi connectivity index (χ3n) is 2.89. The molecule has 1 heterocycles. The van der Waals surface area contributed by atoms with Gasteiger partial charge in [0.1, 0.15) is 0 Å². The van der Waals surface area contributed by atoms with Crippen LogP contribution < -0.4 is 5.56 Å². The molecule has 0 aromatic carbocycles. The van der Waals surface area contributed by atoms with E-state index in [1.165, 1.54) is 6.07 Å². The number of fused-ring (bicyclic) bond motifs is 1. The van der Waals surface area contributed by atoms with Gasteiger partial charge >= 0.3 is 0 Å². The van der Waals surface area contributed by atoms with Crippen molar-refractivity contribution < 1.29 is 4.79 Å². The highest BCUT2D eigenvalue weighted by Gasteiger charge is 2.32. The smallest absolute Gasteiger partial charge is 0.248 e. The lowest BCUT2D eigenvalue weighted by Gasteiger charge is -2.30. The maximum Gasteiger partial charge on any atom is 0.248 e. The Kier molecular flexibility index (Phi) is 2.07. The third kappa shape index (κ3) is 1.74. The van der Waals surface area contributed by atoms with E-state index in [9.17, 15) is 9.59 Å². The fourth-order valence-corrected chi connectivity index (χ4v) is 2.34. The molecule has 0 saturated carbocycles. The maximum atomic E-state index is 11.9. The maximum absolute atomic E-state index is 11.9. The van der Waals surface area contributed by atoms with E-state index in [1.54, 1.807) is 0 Å². The lowest BCUT2D eigenvalue weighted by atomic mass is 9.75.